The van der Waals surface area contributed by atoms with Crippen LogP contribution >= 0.6 is 0 Å². The van der Waals surface area contributed by atoms with Crippen LogP contribution < -0.4 is 0 Å². The van der Waals surface area contributed by atoms with E-state index in [0.717, 1.165) is 0 Å². The fourth-order valence-electron chi connectivity index (χ4n) is 1.93. The quantitative estimate of drug-likeness (QED) is 0.534. The Kier molecular flexibility index (Phi) is 5.29. The van der Waals surface area contributed by atoms with Crippen LogP contribution in [0, 0.1) is 0 Å². The maximum absolute atomic E-state index is 11.1. The summed E-state index contributed by atoms with van der Waals surface area (Å²) in [4.78, 5) is 32.9. The van der Waals surface area contributed by atoms with Gasteiger partial charge in [0, 0.05) is 20.8 Å². The second-order valence-electron chi connectivity index (χ2n) is 4.33. The van der Waals surface area contributed by atoms with Gasteiger partial charge in [0.25, 0.3) is 0 Å². The number of carbonyl (C=O) groups is 3. The van der Waals surface area contributed by atoms with Crippen molar-refractivity contribution in [3.05, 3.63) is 0 Å². The molecule has 7 nitrogen and oxygen atoms in total. The predicted octanol–water partition coefficient (Wildman–Crippen LogP) is 0.200. The number of hydrogen-bond acceptors (Lipinski definition) is 7. The molecule has 0 aliphatic carbocycles. The van der Waals surface area contributed by atoms with Crippen molar-refractivity contribution in [1.82, 2.24) is 0 Å². The van der Waals surface area contributed by atoms with Gasteiger partial charge in [0.15, 0.2) is 12.2 Å². The van der Waals surface area contributed by atoms with Gasteiger partial charge in [-0.25, -0.2) is 0 Å². The number of carbonyl (C=O) groups excluding carboxylic acids is 3. The van der Waals surface area contributed by atoms with Gasteiger partial charge in [0.1, 0.15) is 12.7 Å². The summed E-state index contributed by atoms with van der Waals surface area (Å²) in [5.41, 5.74) is 0. The highest BCUT2D eigenvalue weighted by Gasteiger charge is 2.47. The first-order chi connectivity index (χ1) is 8.81. The van der Waals surface area contributed by atoms with E-state index in [9.17, 15) is 14.4 Å². The maximum Gasteiger partial charge on any atom is 0.303 e. The van der Waals surface area contributed by atoms with E-state index in [-0.39, 0.29) is 6.61 Å². The van der Waals surface area contributed by atoms with Gasteiger partial charge >= 0.3 is 17.9 Å². The highest BCUT2D eigenvalue weighted by molar-refractivity contribution is 5.67. The largest absolute Gasteiger partial charge is 0.463 e. The molecule has 0 bridgehead atoms. The summed E-state index contributed by atoms with van der Waals surface area (Å²) in [6.07, 6.45) is -2.58. The summed E-state index contributed by atoms with van der Waals surface area (Å²) in [6, 6.07) is 0. The summed E-state index contributed by atoms with van der Waals surface area (Å²) >= 11 is 0. The highest BCUT2D eigenvalue weighted by Crippen LogP contribution is 2.27. The van der Waals surface area contributed by atoms with Crippen molar-refractivity contribution in [2.45, 2.75) is 52.1 Å². The van der Waals surface area contributed by atoms with Crippen LogP contribution in [-0.2, 0) is 33.3 Å². The molecule has 108 valence electrons. The molecule has 0 aromatic rings. The molecule has 0 radical (unpaired) electrons. The van der Waals surface area contributed by atoms with E-state index in [2.05, 4.69) is 0 Å². The molecule has 1 heterocycles. The second kappa shape index (κ2) is 6.51. The molecule has 4 atom stereocenters. The monoisotopic (exact) mass is 274 g/mol. The van der Waals surface area contributed by atoms with Crippen molar-refractivity contribution in [2.24, 2.45) is 0 Å². The zero-order valence-corrected chi connectivity index (χ0v) is 11.4. The smallest absolute Gasteiger partial charge is 0.303 e. The molecule has 0 aromatic carbocycles. The summed E-state index contributed by atoms with van der Waals surface area (Å²) in [7, 11) is 0. The van der Waals surface area contributed by atoms with Crippen LogP contribution in [0.3, 0.4) is 0 Å². The molecule has 19 heavy (non-hydrogen) atoms. The topological polar surface area (TPSA) is 88.1 Å². The Labute approximate surface area is 111 Å². The van der Waals surface area contributed by atoms with Crippen LogP contribution in [-0.4, -0.2) is 48.9 Å². The minimum Gasteiger partial charge on any atom is -0.463 e. The van der Waals surface area contributed by atoms with Crippen LogP contribution in [0.25, 0.3) is 0 Å². The van der Waals surface area contributed by atoms with Gasteiger partial charge in [-0.05, 0) is 6.92 Å². The van der Waals surface area contributed by atoms with Crippen LogP contribution in [0.1, 0.15) is 27.7 Å². The molecule has 1 unspecified atom stereocenters. The molecule has 0 aromatic heterocycles. The average molecular weight is 274 g/mol. The molecule has 1 aliphatic rings. The Bertz CT molecular complexity index is 365. The Morgan fingerprint density at radius 3 is 1.95 bits per heavy atom. The van der Waals surface area contributed by atoms with Crippen molar-refractivity contribution in [1.29, 1.82) is 0 Å². The summed E-state index contributed by atoms with van der Waals surface area (Å²) < 4.78 is 20.6. The van der Waals surface area contributed by atoms with E-state index in [0.29, 0.717) is 0 Å². The SMILES string of the molecule is CC(=O)OC[C@H]1OC(C)[C@H](OC(C)=O)[C@H]1OC(C)=O. The first-order valence-electron chi connectivity index (χ1n) is 5.94. The third-order valence-electron chi connectivity index (χ3n) is 2.60. The Balaban J connectivity index is 2.76. The fourth-order valence-corrected chi connectivity index (χ4v) is 1.93. The molecule has 1 rings (SSSR count). The minimum atomic E-state index is -0.782. The molecule has 0 N–H and O–H groups in total. The maximum atomic E-state index is 11.1. The summed E-state index contributed by atoms with van der Waals surface area (Å²) in [5, 5.41) is 0. The van der Waals surface area contributed by atoms with Crippen LogP contribution in [0.4, 0.5) is 0 Å². The normalized spacial score (nSPS) is 29.7. The van der Waals surface area contributed by atoms with Crippen LogP contribution in [0.5, 0.6) is 0 Å². The standard InChI is InChI=1S/C12H18O7/c1-6-11(18-8(3)14)12(19-9(4)15)10(17-6)5-16-7(2)13/h6,10-12H,5H2,1-4H3/t6?,10-,11+,12+/m1/s1. The third kappa shape index (κ3) is 4.51. The lowest BCUT2D eigenvalue weighted by Crippen LogP contribution is -2.40. The molecule has 1 fully saturated rings. The van der Waals surface area contributed by atoms with Crippen molar-refractivity contribution in [3.8, 4) is 0 Å². The van der Waals surface area contributed by atoms with Gasteiger partial charge in [-0.3, -0.25) is 14.4 Å². The molecular formula is C12H18O7. The predicted molar refractivity (Wildman–Crippen MR) is 62.1 cm³/mol. The van der Waals surface area contributed by atoms with Crippen LogP contribution in [0.15, 0.2) is 0 Å². The van der Waals surface area contributed by atoms with E-state index in [4.69, 9.17) is 18.9 Å². The van der Waals surface area contributed by atoms with Gasteiger partial charge in [0.05, 0.1) is 6.10 Å². The zero-order valence-electron chi connectivity index (χ0n) is 11.4. The van der Waals surface area contributed by atoms with E-state index < -0.39 is 42.3 Å². The second-order valence-corrected chi connectivity index (χ2v) is 4.33. The lowest BCUT2D eigenvalue weighted by molar-refractivity contribution is -0.165. The Hall–Kier alpha value is -1.63. The molecule has 0 amide bonds. The van der Waals surface area contributed by atoms with Gasteiger partial charge in [-0.15, -0.1) is 0 Å². The van der Waals surface area contributed by atoms with E-state index in [1.54, 1.807) is 6.92 Å². The zero-order chi connectivity index (χ0) is 14.6. The molecule has 1 aliphatic heterocycles. The summed E-state index contributed by atoms with van der Waals surface area (Å²) in [5.74, 6) is -1.48. The van der Waals surface area contributed by atoms with Crippen molar-refractivity contribution in [3.63, 3.8) is 0 Å². The number of hydrogen-bond donors (Lipinski definition) is 0. The minimum absolute atomic E-state index is 0.0601. The highest BCUT2D eigenvalue weighted by atomic mass is 16.6. The van der Waals surface area contributed by atoms with Crippen LogP contribution in [0.2, 0.25) is 0 Å². The van der Waals surface area contributed by atoms with E-state index in [1.807, 2.05) is 0 Å². The molecular weight excluding hydrogens is 256 g/mol. The summed E-state index contributed by atoms with van der Waals surface area (Å²) in [6.45, 7) is 5.41. The Morgan fingerprint density at radius 2 is 1.47 bits per heavy atom. The van der Waals surface area contributed by atoms with Crippen molar-refractivity contribution < 1.29 is 33.3 Å². The van der Waals surface area contributed by atoms with Gasteiger partial charge in [0.2, 0.25) is 0 Å². The van der Waals surface area contributed by atoms with Crippen molar-refractivity contribution in [2.75, 3.05) is 6.61 Å². The number of rotatable bonds is 4. The van der Waals surface area contributed by atoms with Gasteiger partial charge in [-0.1, -0.05) is 0 Å². The third-order valence-corrected chi connectivity index (χ3v) is 2.60. The van der Waals surface area contributed by atoms with Crippen molar-refractivity contribution >= 4 is 17.9 Å². The Morgan fingerprint density at radius 1 is 0.947 bits per heavy atom. The van der Waals surface area contributed by atoms with E-state index in [1.165, 1.54) is 20.8 Å². The molecule has 1 saturated heterocycles. The average Bonchev–Trinajstić information content (AvgIpc) is 2.53. The van der Waals surface area contributed by atoms with E-state index >= 15 is 0 Å². The molecule has 0 spiro atoms. The fraction of sp³-hybridized carbons (Fsp3) is 0.750. The van der Waals surface area contributed by atoms with Gasteiger partial charge < -0.3 is 18.9 Å². The lowest BCUT2D eigenvalue weighted by Gasteiger charge is -2.22. The first-order valence-corrected chi connectivity index (χ1v) is 5.94. The molecule has 0 saturated carbocycles. The number of ether oxygens (including phenoxy) is 4. The van der Waals surface area contributed by atoms with Gasteiger partial charge in [-0.2, -0.15) is 0 Å². The first kappa shape index (κ1) is 15.4. The lowest BCUT2D eigenvalue weighted by atomic mass is 10.1. The molecule has 7 heteroatoms. The number of esters is 3.